The molecule has 9 heteroatoms. The highest BCUT2D eigenvalue weighted by molar-refractivity contribution is 5.90. The van der Waals surface area contributed by atoms with Crippen LogP contribution in [0.4, 0.5) is 5.69 Å². The molecule has 43 heavy (non-hydrogen) atoms. The van der Waals surface area contributed by atoms with Gasteiger partial charge in [0.15, 0.2) is 6.29 Å². The Morgan fingerprint density at radius 2 is 1.65 bits per heavy atom. The van der Waals surface area contributed by atoms with Gasteiger partial charge in [0.25, 0.3) is 0 Å². The molecule has 1 aromatic heterocycles. The average Bonchev–Trinajstić information content (AvgIpc) is 3.02. The lowest BCUT2D eigenvalue weighted by Gasteiger charge is -2.38. The number of hydrogen-bond acceptors (Lipinski definition) is 7. The van der Waals surface area contributed by atoms with E-state index in [0.29, 0.717) is 24.9 Å². The third-order valence-electron chi connectivity index (χ3n) is 7.62. The van der Waals surface area contributed by atoms with Gasteiger partial charge < -0.3 is 29.9 Å². The van der Waals surface area contributed by atoms with Crippen molar-refractivity contribution in [1.29, 1.82) is 0 Å². The van der Waals surface area contributed by atoms with Gasteiger partial charge in [-0.05, 0) is 55.3 Å². The lowest BCUT2D eigenvalue weighted by atomic mass is 9.99. The molecule has 230 valence electrons. The van der Waals surface area contributed by atoms with E-state index in [4.69, 9.17) is 14.6 Å². The molecular formula is C34H43N3O6. The number of hydrogen-bond donors (Lipinski definition) is 3. The van der Waals surface area contributed by atoms with Crippen LogP contribution in [0.25, 0.3) is 0 Å². The zero-order chi connectivity index (χ0) is 30.4. The smallest absolute Gasteiger partial charge is 0.303 e. The maximum absolute atomic E-state index is 12.4. The molecule has 3 aromatic rings. The fraction of sp³-hybridized carbons (Fsp3) is 0.441. The highest BCUT2D eigenvalue weighted by Crippen LogP contribution is 2.38. The summed E-state index contributed by atoms with van der Waals surface area (Å²) in [5.74, 6) is -0.840. The van der Waals surface area contributed by atoms with Crippen molar-refractivity contribution in [1.82, 2.24) is 9.88 Å². The summed E-state index contributed by atoms with van der Waals surface area (Å²) >= 11 is 0. The minimum Gasteiger partial charge on any atom is -0.481 e. The van der Waals surface area contributed by atoms with E-state index >= 15 is 0 Å². The predicted octanol–water partition coefficient (Wildman–Crippen LogP) is 5.66. The van der Waals surface area contributed by atoms with Gasteiger partial charge >= 0.3 is 5.97 Å². The van der Waals surface area contributed by atoms with Gasteiger partial charge in [-0.2, -0.15) is 0 Å². The number of pyridine rings is 1. The number of rotatable bonds is 16. The average molecular weight is 590 g/mol. The molecule has 1 saturated heterocycles. The van der Waals surface area contributed by atoms with Crippen LogP contribution in [0.3, 0.4) is 0 Å². The Morgan fingerprint density at radius 1 is 0.930 bits per heavy atom. The van der Waals surface area contributed by atoms with Gasteiger partial charge in [0.05, 0.1) is 18.8 Å². The summed E-state index contributed by atoms with van der Waals surface area (Å²) in [6.45, 7) is 1.59. The van der Waals surface area contributed by atoms with E-state index in [1.54, 1.807) is 0 Å². The molecule has 1 amide bonds. The molecule has 2 aromatic carbocycles. The van der Waals surface area contributed by atoms with E-state index < -0.39 is 12.3 Å². The number of carbonyl (C=O) groups is 2. The number of benzene rings is 2. The number of anilines is 1. The molecule has 0 saturated carbocycles. The number of carboxylic acid groups (broad SMARTS) is 1. The van der Waals surface area contributed by atoms with E-state index in [2.05, 4.69) is 22.2 Å². The molecular weight excluding hydrogens is 546 g/mol. The maximum Gasteiger partial charge on any atom is 0.303 e. The molecule has 0 radical (unpaired) electrons. The second kappa shape index (κ2) is 16.9. The Balaban J connectivity index is 1.35. The van der Waals surface area contributed by atoms with Gasteiger partial charge in [0.1, 0.15) is 0 Å². The van der Waals surface area contributed by atoms with E-state index in [0.717, 1.165) is 61.2 Å². The van der Waals surface area contributed by atoms with Gasteiger partial charge in [0, 0.05) is 61.9 Å². The van der Waals surface area contributed by atoms with Crippen LogP contribution < -0.4 is 5.32 Å². The van der Waals surface area contributed by atoms with Crippen LogP contribution in [0, 0.1) is 0 Å². The lowest BCUT2D eigenvalue weighted by molar-refractivity contribution is -0.252. The zero-order valence-electron chi connectivity index (χ0n) is 24.9. The lowest BCUT2D eigenvalue weighted by Crippen LogP contribution is -2.38. The van der Waals surface area contributed by atoms with Crippen LogP contribution in [-0.2, 0) is 32.1 Å². The molecule has 3 atom stereocenters. The molecule has 4 rings (SSSR count). The number of aromatic nitrogens is 1. The molecule has 0 spiro atoms. The Bertz CT molecular complexity index is 1270. The third-order valence-corrected chi connectivity index (χ3v) is 7.62. The van der Waals surface area contributed by atoms with E-state index in [1.807, 2.05) is 72.9 Å². The first-order chi connectivity index (χ1) is 20.9. The summed E-state index contributed by atoms with van der Waals surface area (Å²) < 4.78 is 12.9. The number of ether oxygens (including phenoxy) is 2. The van der Waals surface area contributed by atoms with Crippen LogP contribution in [0.5, 0.6) is 0 Å². The third kappa shape index (κ3) is 10.9. The van der Waals surface area contributed by atoms with Gasteiger partial charge in [-0.3, -0.25) is 14.6 Å². The van der Waals surface area contributed by atoms with Crippen molar-refractivity contribution >= 4 is 17.6 Å². The van der Waals surface area contributed by atoms with Gasteiger partial charge in [0.2, 0.25) is 5.91 Å². The molecule has 0 aliphatic carbocycles. The summed E-state index contributed by atoms with van der Waals surface area (Å²) in [5, 5.41) is 21.1. The van der Waals surface area contributed by atoms with Crippen molar-refractivity contribution < 1.29 is 29.3 Å². The quantitative estimate of drug-likeness (QED) is 0.183. The normalized spacial score (nSPS) is 18.4. The molecule has 1 aliphatic heterocycles. The van der Waals surface area contributed by atoms with Crippen molar-refractivity contribution in [3.05, 3.63) is 95.3 Å². The number of aliphatic hydroxyl groups is 1. The Hall–Kier alpha value is -3.63. The van der Waals surface area contributed by atoms with Crippen molar-refractivity contribution in [3.8, 4) is 0 Å². The standard InChI is InChI=1S/C34H43N3O6/c1-37(21-19-28-8-6-7-20-35-28)23-30-22-31(26-13-11-25(24-38)12-14-26)43-34(42-30)27-15-17-29(18-16-27)36-32(39)9-4-2-3-5-10-33(40)41/h6-8,11-18,20,30-31,34,38H,2-5,9-10,19,21-24H2,1H3,(H,36,39)(H,40,41). The molecule has 3 unspecified atom stereocenters. The minimum absolute atomic E-state index is 0.00306. The van der Waals surface area contributed by atoms with Crippen LogP contribution >= 0.6 is 0 Å². The molecule has 0 bridgehead atoms. The number of unbranched alkanes of at least 4 members (excludes halogenated alkanes) is 3. The number of aliphatic hydroxyl groups excluding tert-OH is 1. The number of nitrogens with zero attached hydrogens (tertiary/aromatic N) is 2. The van der Waals surface area contributed by atoms with Crippen LogP contribution in [0.2, 0.25) is 0 Å². The van der Waals surface area contributed by atoms with Crippen molar-refractivity contribution in [2.24, 2.45) is 0 Å². The number of nitrogens with one attached hydrogen (secondary N) is 1. The molecule has 3 N–H and O–H groups in total. The predicted molar refractivity (Wildman–Crippen MR) is 164 cm³/mol. The highest BCUT2D eigenvalue weighted by Gasteiger charge is 2.32. The molecule has 1 aliphatic rings. The first-order valence-electron chi connectivity index (χ1n) is 15.1. The largest absolute Gasteiger partial charge is 0.481 e. The van der Waals surface area contributed by atoms with Gasteiger partial charge in [-0.15, -0.1) is 0 Å². The second-order valence-corrected chi connectivity index (χ2v) is 11.2. The fourth-order valence-electron chi connectivity index (χ4n) is 5.19. The molecule has 2 heterocycles. The highest BCUT2D eigenvalue weighted by atomic mass is 16.7. The number of carbonyl (C=O) groups excluding carboxylic acids is 1. The van der Waals surface area contributed by atoms with Gasteiger partial charge in [-0.25, -0.2) is 0 Å². The first-order valence-corrected chi connectivity index (χ1v) is 15.1. The SMILES string of the molecule is CN(CCc1ccccn1)CC1CC(c2ccc(CO)cc2)OC(c2ccc(NC(=O)CCCCCCC(=O)O)cc2)O1. The second-order valence-electron chi connectivity index (χ2n) is 11.2. The zero-order valence-corrected chi connectivity index (χ0v) is 24.9. The molecule has 9 nitrogen and oxygen atoms in total. The van der Waals surface area contributed by atoms with Crippen LogP contribution in [-0.4, -0.2) is 58.2 Å². The van der Waals surface area contributed by atoms with E-state index in [-0.39, 0.29) is 31.1 Å². The summed E-state index contributed by atoms with van der Waals surface area (Å²) in [6.07, 6.45) is 6.15. The van der Waals surface area contributed by atoms with Crippen LogP contribution in [0.1, 0.15) is 79.7 Å². The fourth-order valence-corrected chi connectivity index (χ4v) is 5.19. The van der Waals surface area contributed by atoms with Gasteiger partial charge in [-0.1, -0.05) is 55.3 Å². The summed E-state index contributed by atoms with van der Waals surface area (Å²) in [5.41, 5.74) is 4.53. The topological polar surface area (TPSA) is 121 Å². The van der Waals surface area contributed by atoms with Crippen molar-refractivity contribution in [2.75, 3.05) is 25.5 Å². The maximum atomic E-state index is 12.4. The summed E-state index contributed by atoms with van der Waals surface area (Å²) in [7, 11) is 2.09. The Labute approximate surface area is 253 Å². The number of likely N-dealkylation sites (N-methyl/N-ethyl adjacent to an activating group) is 1. The minimum atomic E-state index is -0.781. The number of carboxylic acids is 1. The summed E-state index contributed by atoms with van der Waals surface area (Å²) in [4.78, 5) is 29.7. The Kier molecular flexibility index (Phi) is 12.7. The van der Waals surface area contributed by atoms with Crippen molar-refractivity contribution in [2.45, 2.75) is 76.5 Å². The summed E-state index contributed by atoms with van der Waals surface area (Å²) in [6, 6.07) is 21.4. The van der Waals surface area contributed by atoms with E-state index in [9.17, 15) is 14.7 Å². The monoisotopic (exact) mass is 589 g/mol. The number of amides is 1. The number of aliphatic carboxylic acids is 1. The Morgan fingerprint density at radius 3 is 2.33 bits per heavy atom. The van der Waals surface area contributed by atoms with E-state index in [1.165, 1.54) is 0 Å². The molecule has 1 fully saturated rings. The van der Waals surface area contributed by atoms with Crippen molar-refractivity contribution in [3.63, 3.8) is 0 Å². The van der Waals surface area contributed by atoms with Crippen LogP contribution in [0.15, 0.2) is 72.9 Å². The first kappa shape index (κ1) is 32.3.